The molecule has 1 aliphatic heterocycles. The van der Waals surface area contributed by atoms with Gasteiger partial charge < -0.3 is 14.6 Å². The van der Waals surface area contributed by atoms with Crippen molar-refractivity contribution >= 4 is 16.0 Å². The van der Waals surface area contributed by atoms with E-state index in [2.05, 4.69) is 0 Å². The quantitative estimate of drug-likeness (QED) is 0.864. The summed E-state index contributed by atoms with van der Waals surface area (Å²) in [4.78, 5) is 10.9. The highest BCUT2D eigenvalue weighted by molar-refractivity contribution is 7.89. The molecular formula is C13H17NO6S. The van der Waals surface area contributed by atoms with Crippen LogP contribution in [0, 0.1) is 0 Å². The van der Waals surface area contributed by atoms with E-state index in [0.717, 1.165) is 0 Å². The molecule has 1 saturated heterocycles. The van der Waals surface area contributed by atoms with Gasteiger partial charge in [0.2, 0.25) is 10.0 Å². The van der Waals surface area contributed by atoms with Gasteiger partial charge in [-0.05, 0) is 24.6 Å². The highest BCUT2D eigenvalue weighted by Crippen LogP contribution is 2.29. The fraction of sp³-hybridized carbons (Fsp3) is 0.462. The molecule has 0 aliphatic carbocycles. The minimum absolute atomic E-state index is 0.0145. The lowest BCUT2D eigenvalue weighted by atomic mass is 10.2. The number of ether oxygens (including phenoxy) is 2. The van der Waals surface area contributed by atoms with E-state index in [1.807, 2.05) is 0 Å². The van der Waals surface area contributed by atoms with Crippen molar-refractivity contribution in [3.63, 3.8) is 0 Å². The van der Waals surface area contributed by atoms with Crippen molar-refractivity contribution in [2.75, 3.05) is 27.4 Å². The molecule has 0 radical (unpaired) electrons. The van der Waals surface area contributed by atoms with Gasteiger partial charge in [-0.2, -0.15) is 4.31 Å². The van der Waals surface area contributed by atoms with Gasteiger partial charge in [0.05, 0.1) is 25.3 Å². The standard InChI is InChI=1S/C13H17NO6S/c1-14(10-5-6-20-8-10)21(17,18)12-4-3-9(13(15)16)7-11(12)19-2/h3-4,7,10H,5-6,8H2,1-2H3,(H,15,16). The second-order valence-corrected chi connectivity index (χ2v) is 6.68. The van der Waals surface area contributed by atoms with Crippen molar-refractivity contribution in [3.05, 3.63) is 23.8 Å². The van der Waals surface area contributed by atoms with Crippen LogP contribution in [-0.4, -0.2) is 57.2 Å². The van der Waals surface area contributed by atoms with E-state index in [-0.39, 0.29) is 22.3 Å². The maximum atomic E-state index is 12.6. The molecule has 0 amide bonds. The van der Waals surface area contributed by atoms with E-state index in [4.69, 9.17) is 14.6 Å². The number of carboxylic acids is 1. The Morgan fingerprint density at radius 3 is 2.71 bits per heavy atom. The largest absolute Gasteiger partial charge is 0.495 e. The van der Waals surface area contributed by atoms with Crippen molar-refractivity contribution in [3.8, 4) is 5.75 Å². The van der Waals surface area contributed by atoms with Gasteiger partial charge in [0.25, 0.3) is 0 Å². The molecule has 1 N–H and O–H groups in total. The van der Waals surface area contributed by atoms with Crippen molar-refractivity contribution in [2.45, 2.75) is 17.4 Å². The third-order valence-corrected chi connectivity index (χ3v) is 5.44. The Kier molecular flexibility index (Phi) is 4.50. The van der Waals surface area contributed by atoms with Crippen molar-refractivity contribution in [2.24, 2.45) is 0 Å². The minimum Gasteiger partial charge on any atom is -0.495 e. The molecule has 116 valence electrons. The van der Waals surface area contributed by atoms with Crippen LogP contribution in [0.5, 0.6) is 5.75 Å². The molecule has 1 fully saturated rings. The first-order valence-corrected chi connectivity index (χ1v) is 7.79. The van der Waals surface area contributed by atoms with Gasteiger partial charge in [0, 0.05) is 13.7 Å². The van der Waals surface area contributed by atoms with Crippen molar-refractivity contribution in [1.82, 2.24) is 4.31 Å². The Morgan fingerprint density at radius 2 is 2.19 bits per heavy atom. The monoisotopic (exact) mass is 315 g/mol. The number of carboxylic acid groups (broad SMARTS) is 1. The first-order chi connectivity index (χ1) is 9.87. The molecule has 1 unspecified atom stereocenters. The molecule has 8 heteroatoms. The Bertz CT molecular complexity index is 636. The Morgan fingerprint density at radius 1 is 1.48 bits per heavy atom. The number of hydrogen-bond acceptors (Lipinski definition) is 5. The number of rotatable bonds is 5. The first kappa shape index (κ1) is 15.7. The number of nitrogens with zero attached hydrogens (tertiary/aromatic N) is 1. The molecule has 0 aromatic heterocycles. The summed E-state index contributed by atoms with van der Waals surface area (Å²) in [6.45, 7) is 0.880. The maximum Gasteiger partial charge on any atom is 0.335 e. The van der Waals surface area contributed by atoms with Crippen LogP contribution in [0.2, 0.25) is 0 Å². The Balaban J connectivity index is 2.41. The molecule has 0 spiro atoms. The van der Waals surface area contributed by atoms with E-state index >= 15 is 0 Å². The second-order valence-electron chi connectivity index (χ2n) is 4.71. The molecule has 0 bridgehead atoms. The van der Waals surface area contributed by atoms with Gasteiger partial charge in [-0.1, -0.05) is 0 Å². The number of carbonyl (C=O) groups is 1. The SMILES string of the molecule is COc1cc(C(=O)O)ccc1S(=O)(=O)N(C)C1CCOC1. The zero-order valence-electron chi connectivity index (χ0n) is 11.8. The summed E-state index contributed by atoms with van der Waals surface area (Å²) in [5.41, 5.74) is -0.0300. The fourth-order valence-electron chi connectivity index (χ4n) is 2.17. The fourth-order valence-corrected chi connectivity index (χ4v) is 3.68. The summed E-state index contributed by atoms with van der Waals surface area (Å²) in [6.07, 6.45) is 0.630. The number of aromatic carboxylic acids is 1. The summed E-state index contributed by atoms with van der Waals surface area (Å²) in [5.74, 6) is -1.13. The van der Waals surface area contributed by atoms with Crippen molar-refractivity contribution in [1.29, 1.82) is 0 Å². The topological polar surface area (TPSA) is 93.1 Å². The lowest BCUT2D eigenvalue weighted by Gasteiger charge is -2.23. The molecule has 2 rings (SSSR count). The third kappa shape index (κ3) is 3.02. The van der Waals surface area contributed by atoms with Crippen molar-refractivity contribution < 1.29 is 27.8 Å². The summed E-state index contributed by atoms with van der Waals surface area (Å²) >= 11 is 0. The van der Waals surface area contributed by atoms with Crippen LogP contribution in [-0.2, 0) is 14.8 Å². The molecule has 1 aromatic carbocycles. The number of benzene rings is 1. The summed E-state index contributed by atoms with van der Waals surface area (Å²) in [5, 5.41) is 8.95. The van der Waals surface area contributed by atoms with Crippen LogP contribution in [0.15, 0.2) is 23.1 Å². The molecule has 1 atom stereocenters. The van der Waals surface area contributed by atoms with Crippen LogP contribution >= 0.6 is 0 Å². The van der Waals surface area contributed by atoms with E-state index in [1.165, 1.54) is 36.7 Å². The molecule has 1 heterocycles. The Labute approximate surface area is 123 Å². The van der Waals surface area contributed by atoms with E-state index in [1.54, 1.807) is 0 Å². The third-order valence-electron chi connectivity index (χ3n) is 3.49. The average molecular weight is 315 g/mol. The van der Waals surface area contributed by atoms with Gasteiger partial charge in [-0.3, -0.25) is 0 Å². The first-order valence-electron chi connectivity index (χ1n) is 6.35. The molecule has 1 aliphatic rings. The van der Waals surface area contributed by atoms with Gasteiger partial charge in [0.1, 0.15) is 10.6 Å². The normalized spacial score (nSPS) is 18.9. The predicted octanol–water partition coefficient (Wildman–Crippen LogP) is 0.803. The summed E-state index contributed by atoms with van der Waals surface area (Å²) < 4.78 is 36.7. The zero-order valence-corrected chi connectivity index (χ0v) is 12.6. The smallest absolute Gasteiger partial charge is 0.335 e. The van der Waals surface area contributed by atoms with Crippen LogP contribution in [0.4, 0.5) is 0 Å². The number of hydrogen-bond donors (Lipinski definition) is 1. The predicted molar refractivity (Wildman–Crippen MR) is 74.1 cm³/mol. The molecular weight excluding hydrogens is 298 g/mol. The second kappa shape index (κ2) is 6.00. The molecule has 1 aromatic rings. The van der Waals surface area contributed by atoms with Gasteiger partial charge in [-0.25, -0.2) is 13.2 Å². The molecule has 7 nitrogen and oxygen atoms in total. The number of methoxy groups -OCH3 is 1. The van der Waals surface area contributed by atoms with Gasteiger partial charge in [0.15, 0.2) is 0 Å². The van der Waals surface area contributed by atoms with Crippen LogP contribution in [0.1, 0.15) is 16.8 Å². The van der Waals surface area contributed by atoms with E-state index < -0.39 is 16.0 Å². The summed E-state index contributed by atoms with van der Waals surface area (Å²) in [6, 6.07) is 3.48. The van der Waals surface area contributed by atoms with Crippen LogP contribution in [0.3, 0.4) is 0 Å². The van der Waals surface area contributed by atoms with E-state index in [9.17, 15) is 13.2 Å². The molecule has 0 saturated carbocycles. The van der Waals surface area contributed by atoms with E-state index in [0.29, 0.717) is 19.6 Å². The number of sulfonamides is 1. The Hall–Kier alpha value is -1.64. The lowest BCUT2D eigenvalue weighted by molar-refractivity contribution is 0.0696. The summed E-state index contributed by atoms with van der Waals surface area (Å²) in [7, 11) is -0.983. The average Bonchev–Trinajstić information content (AvgIpc) is 2.99. The van der Waals surface area contributed by atoms with Crippen LogP contribution in [0.25, 0.3) is 0 Å². The van der Waals surface area contributed by atoms with Gasteiger partial charge >= 0.3 is 5.97 Å². The zero-order chi connectivity index (χ0) is 15.6. The highest BCUT2D eigenvalue weighted by atomic mass is 32.2. The lowest BCUT2D eigenvalue weighted by Crippen LogP contribution is -2.37. The minimum atomic E-state index is -3.77. The molecule has 21 heavy (non-hydrogen) atoms. The highest BCUT2D eigenvalue weighted by Gasteiger charge is 2.32. The number of likely N-dealkylation sites (N-methyl/N-ethyl adjacent to an activating group) is 1. The van der Waals surface area contributed by atoms with Gasteiger partial charge in [-0.15, -0.1) is 0 Å². The van der Waals surface area contributed by atoms with Crippen LogP contribution < -0.4 is 4.74 Å². The maximum absolute atomic E-state index is 12.6.